The quantitative estimate of drug-likeness (QED) is 0.876. The first-order chi connectivity index (χ1) is 10.1. The van der Waals surface area contributed by atoms with Crippen molar-refractivity contribution in [2.75, 3.05) is 5.32 Å². The third-order valence-corrected chi connectivity index (χ3v) is 4.47. The van der Waals surface area contributed by atoms with E-state index in [0.29, 0.717) is 0 Å². The monoisotopic (exact) mass is 344 g/mol. The maximum absolute atomic E-state index is 12.4. The van der Waals surface area contributed by atoms with Crippen molar-refractivity contribution in [2.24, 2.45) is 0 Å². The number of fused-ring (bicyclic) bond motifs is 1. The van der Waals surface area contributed by atoms with Gasteiger partial charge in [-0.2, -0.15) is 0 Å². The predicted octanol–water partition coefficient (Wildman–Crippen LogP) is 3.41. The standard InChI is InChI=1S/C17H17BrN2O/c1-11-6-7-14(18)15(8-11)20-17(21)16-9-12-4-2-3-5-13(12)10-19-16/h2-8,16,19H,9-10H2,1H3,(H,20,21). The van der Waals surface area contributed by atoms with Gasteiger partial charge in [-0.15, -0.1) is 0 Å². The van der Waals surface area contributed by atoms with Gasteiger partial charge < -0.3 is 10.6 Å². The smallest absolute Gasteiger partial charge is 0.241 e. The van der Waals surface area contributed by atoms with E-state index in [1.807, 2.05) is 37.3 Å². The van der Waals surface area contributed by atoms with Gasteiger partial charge in [0.1, 0.15) is 0 Å². The minimum atomic E-state index is -0.188. The number of benzene rings is 2. The first-order valence-electron chi connectivity index (χ1n) is 7.00. The maximum Gasteiger partial charge on any atom is 0.241 e. The lowest BCUT2D eigenvalue weighted by molar-refractivity contribution is -0.118. The molecule has 1 aliphatic heterocycles. The number of aryl methyl sites for hydroxylation is 1. The highest BCUT2D eigenvalue weighted by Crippen LogP contribution is 2.24. The number of amides is 1. The fourth-order valence-corrected chi connectivity index (χ4v) is 2.94. The Morgan fingerprint density at radius 2 is 2.00 bits per heavy atom. The van der Waals surface area contributed by atoms with Crippen LogP contribution in [0.1, 0.15) is 16.7 Å². The molecule has 0 saturated carbocycles. The number of halogens is 1. The van der Waals surface area contributed by atoms with Gasteiger partial charge in [0.15, 0.2) is 0 Å². The molecule has 0 spiro atoms. The summed E-state index contributed by atoms with van der Waals surface area (Å²) in [6.07, 6.45) is 0.728. The van der Waals surface area contributed by atoms with Crippen LogP contribution in [0.5, 0.6) is 0 Å². The van der Waals surface area contributed by atoms with Gasteiger partial charge in [0, 0.05) is 11.0 Å². The molecule has 1 heterocycles. The summed E-state index contributed by atoms with van der Waals surface area (Å²) in [5, 5.41) is 6.31. The Hall–Kier alpha value is -1.65. The molecule has 3 nitrogen and oxygen atoms in total. The van der Waals surface area contributed by atoms with E-state index in [-0.39, 0.29) is 11.9 Å². The molecule has 1 atom stereocenters. The Balaban J connectivity index is 1.74. The molecule has 1 amide bonds. The van der Waals surface area contributed by atoms with Gasteiger partial charge in [-0.1, -0.05) is 30.3 Å². The average molecular weight is 345 g/mol. The van der Waals surface area contributed by atoms with Crippen molar-refractivity contribution in [1.82, 2.24) is 5.32 Å². The van der Waals surface area contributed by atoms with Crippen LogP contribution < -0.4 is 10.6 Å². The number of carbonyl (C=O) groups excluding carboxylic acids is 1. The highest BCUT2D eigenvalue weighted by molar-refractivity contribution is 9.10. The SMILES string of the molecule is Cc1ccc(Br)c(NC(=O)C2Cc3ccccc3CN2)c1. The van der Waals surface area contributed by atoms with E-state index in [2.05, 4.69) is 38.7 Å². The zero-order chi connectivity index (χ0) is 14.8. The first kappa shape index (κ1) is 14.3. The molecule has 0 fully saturated rings. The molecule has 2 aromatic carbocycles. The van der Waals surface area contributed by atoms with E-state index < -0.39 is 0 Å². The predicted molar refractivity (Wildman–Crippen MR) is 88.3 cm³/mol. The van der Waals surface area contributed by atoms with Crippen molar-refractivity contribution in [3.05, 3.63) is 63.6 Å². The fourth-order valence-electron chi connectivity index (χ4n) is 2.59. The van der Waals surface area contributed by atoms with E-state index in [9.17, 15) is 4.79 Å². The lowest BCUT2D eigenvalue weighted by Gasteiger charge is -2.25. The summed E-state index contributed by atoms with van der Waals surface area (Å²) < 4.78 is 0.901. The molecule has 2 N–H and O–H groups in total. The largest absolute Gasteiger partial charge is 0.324 e. The van der Waals surface area contributed by atoms with E-state index in [4.69, 9.17) is 0 Å². The molecule has 0 aromatic heterocycles. The third kappa shape index (κ3) is 3.17. The van der Waals surface area contributed by atoms with Crippen molar-refractivity contribution in [3.8, 4) is 0 Å². The molecular formula is C17H17BrN2O. The Labute approximate surface area is 132 Å². The van der Waals surface area contributed by atoms with Crippen LogP contribution in [0.25, 0.3) is 0 Å². The van der Waals surface area contributed by atoms with Crippen molar-refractivity contribution in [3.63, 3.8) is 0 Å². The zero-order valence-corrected chi connectivity index (χ0v) is 13.4. The van der Waals surface area contributed by atoms with E-state index >= 15 is 0 Å². The summed E-state index contributed by atoms with van der Waals surface area (Å²) in [7, 11) is 0. The molecule has 1 aliphatic rings. The zero-order valence-electron chi connectivity index (χ0n) is 11.8. The van der Waals surface area contributed by atoms with Crippen LogP contribution in [0.2, 0.25) is 0 Å². The molecule has 1 unspecified atom stereocenters. The number of anilines is 1. The second-order valence-electron chi connectivity index (χ2n) is 5.38. The summed E-state index contributed by atoms with van der Waals surface area (Å²) in [6.45, 7) is 2.75. The minimum absolute atomic E-state index is 0.0100. The van der Waals surface area contributed by atoms with Crippen LogP contribution in [0.15, 0.2) is 46.9 Å². The number of hydrogen-bond acceptors (Lipinski definition) is 2. The molecule has 0 radical (unpaired) electrons. The number of carbonyl (C=O) groups is 1. The average Bonchev–Trinajstić information content (AvgIpc) is 2.50. The molecule has 4 heteroatoms. The molecule has 0 bridgehead atoms. The summed E-state index contributed by atoms with van der Waals surface area (Å²) in [5.74, 6) is 0.0100. The topological polar surface area (TPSA) is 41.1 Å². The van der Waals surface area contributed by atoms with Gasteiger partial charge in [-0.3, -0.25) is 4.79 Å². The third-order valence-electron chi connectivity index (χ3n) is 3.78. The normalized spacial score (nSPS) is 17.1. The van der Waals surface area contributed by atoms with Gasteiger partial charge in [0.05, 0.1) is 11.7 Å². The molecule has 108 valence electrons. The lowest BCUT2D eigenvalue weighted by Crippen LogP contribution is -2.44. The molecule has 2 aromatic rings. The molecular weight excluding hydrogens is 328 g/mol. The molecule has 0 saturated heterocycles. The van der Waals surface area contributed by atoms with Crippen molar-refractivity contribution >= 4 is 27.5 Å². The van der Waals surface area contributed by atoms with Gasteiger partial charge in [0.25, 0.3) is 0 Å². The molecule has 3 rings (SSSR count). The number of rotatable bonds is 2. The Kier molecular flexibility index (Phi) is 4.08. The summed E-state index contributed by atoms with van der Waals surface area (Å²) in [5.41, 5.74) is 4.47. The summed E-state index contributed by atoms with van der Waals surface area (Å²) >= 11 is 3.47. The maximum atomic E-state index is 12.4. The number of nitrogens with one attached hydrogen (secondary N) is 2. The van der Waals surface area contributed by atoms with Gasteiger partial charge in [-0.25, -0.2) is 0 Å². The van der Waals surface area contributed by atoms with Crippen LogP contribution in [0.4, 0.5) is 5.69 Å². The highest BCUT2D eigenvalue weighted by atomic mass is 79.9. The van der Waals surface area contributed by atoms with Gasteiger partial charge in [-0.05, 0) is 58.1 Å². The number of hydrogen-bond donors (Lipinski definition) is 2. The van der Waals surface area contributed by atoms with Crippen LogP contribution in [0.3, 0.4) is 0 Å². The summed E-state index contributed by atoms with van der Waals surface area (Å²) in [4.78, 5) is 12.4. The molecule has 21 heavy (non-hydrogen) atoms. The fraction of sp³-hybridized carbons (Fsp3) is 0.235. The van der Waals surface area contributed by atoms with Crippen LogP contribution in [-0.4, -0.2) is 11.9 Å². The van der Waals surface area contributed by atoms with Crippen LogP contribution in [0, 0.1) is 6.92 Å². The van der Waals surface area contributed by atoms with Crippen LogP contribution in [-0.2, 0) is 17.8 Å². The van der Waals surface area contributed by atoms with Gasteiger partial charge in [0.2, 0.25) is 5.91 Å². The Morgan fingerprint density at radius 1 is 1.24 bits per heavy atom. The first-order valence-corrected chi connectivity index (χ1v) is 7.80. The summed E-state index contributed by atoms with van der Waals surface area (Å²) in [6, 6.07) is 14.0. The van der Waals surface area contributed by atoms with E-state index in [1.165, 1.54) is 11.1 Å². The van der Waals surface area contributed by atoms with Gasteiger partial charge >= 0.3 is 0 Å². The van der Waals surface area contributed by atoms with Crippen molar-refractivity contribution < 1.29 is 4.79 Å². The lowest BCUT2D eigenvalue weighted by atomic mass is 9.95. The Morgan fingerprint density at radius 3 is 2.81 bits per heavy atom. The van der Waals surface area contributed by atoms with E-state index in [0.717, 1.165) is 28.7 Å². The second kappa shape index (κ2) is 6.00. The highest BCUT2D eigenvalue weighted by Gasteiger charge is 2.24. The van der Waals surface area contributed by atoms with Crippen LogP contribution >= 0.6 is 15.9 Å². The second-order valence-corrected chi connectivity index (χ2v) is 6.23. The minimum Gasteiger partial charge on any atom is -0.324 e. The Bertz CT molecular complexity index is 684. The van der Waals surface area contributed by atoms with Crippen molar-refractivity contribution in [1.29, 1.82) is 0 Å². The van der Waals surface area contributed by atoms with Crippen molar-refractivity contribution in [2.45, 2.75) is 25.9 Å². The molecule has 0 aliphatic carbocycles. The van der Waals surface area contributed by atoms with E-state index in [1.54, 1.807) is 0 Å².